The van der Waals surface area contributed by atoms with Crippen molar-refractivity contribution in [3.05, 3.63) is 24.5 Å². The quantitative estimate of drug-likeness (QED) is 0.824. The smallest absolute Gasteiger partial charge is 0.246 e. The third-order valence-electron chi connectivity index (χ3n) is 4.90. The van der Waals surface area contributed by atoms with E-state index in [4.69, 9.17) is 0 Å². The van der Waals surface area contributed by atoms with Crippen molar-refractivity contribution in [1.82, 2.24) is 14.4 Å². The molecule has 2 amide bonds. The van der Waals surface area contributed by atoms with Crippen molar-refractivity contribution in [2.45, 2.75) is 45.7 Å². The van der Waals surface area contributed by atoms with Crippen LogP contribution in [0.25, 0.3) is 0 Å². The van der Waals surface area contributed by atoms with E-state index >= 15 is 0 Å². The fraction of sp³-hybridized carbons (Fsp3) is 0.667. The lowest BCUT2D eigenvalue weighted by atomic mass is 9.94. The Hall–Kier alpha value is -1.43. The van der Waals surface area contributed by atoms with Gasteiger partial charge >= 0.3 is 0 Å². The Bertz CT molecular complexity index is 586. The van der Waals surface area contributed by atoms with Crippen molar-refractivity contribution in [1.29, 1.82) is 0 Å². The number of piperidine rings is 1. The molecule has 24 heavy (non-hydrogen) atoms. The minimum atomic E-state index is -0.440. The molecule has 0 unspecified atom stereocenters. The van der Waals surface area contributed by atoms with Crippen LogP contribution in [0.2, 0.25) is 0 Å². The monoisotopic (exact) mass is 349 g/mol. The molecule has 2 aliphatic rings. The van der Waals surface area contributed by atoms with E-state index in [2.05, 4.69) is 17.0 Å². The van der Waals surface area contributed by atoms with Gasteiger partial charge in [0.1, 0.15) is 6.04 Å². The fourth-order valence-corrected chi connectivity index (χ4v) is 4.61. The second-order valence-electron chi connectivity index (χ2n) is 7.73. The fourth-order valence-electron chi connectivity index (χ4n) is 3.46. The molecule has 132 valence electrons. The van der Waals surface area contributed by atoms with E-state index in [0.717, 1.165) is 31.7 Å². The van der Waals surface area contributed by atoms with Gasteiger partial charge in [0.2, 0.25) is 11.8 Å². The van der Waals surface area contributed by atoms with Gasteiger partial charge in [0, 0.05) is 42.7 Å². The van der Waals surface area contributed by atoms with Gasteiger partial charge in [-0.2, -0.15) is 0 Å². The molecule has 0 aliphatic carbocycles. The van der Waals surface area contributed by atoms with Gasteiger partial charge in [0.15, 0.2) is 0 Å². The number of hydrogen-bond acceptors (Lipinski definition) is 3. The molecule has 1 atom stereocenters. The molecule has 0 aromatic carbocycles. The van der Waals surface area contributed by atoms with Crippen molar-refractivity contribution < 1.29 is 9.59 Å². The van der Waals surface area contributed by atoms with Gasteiger partial charge in [0.25, 0.3) is 0 Å². The summed E-state index contributed by atoms with van der Waals surface area (Å²) in [4.78, 5) is 29.3. The summed E-state index contributed by atoms with van der Waals surface area (Å²) in [6.45, 7) is 7.31. The zero-order chi connectivity index (χ0) is 17.3. The molecule has 2 fully saturated rings. The molecule has 0 N–H and O–H groups in total. The maximum absolute atomic E-state index is 12.9. The average Bonchev–Trinajstić information content (AvgIpc) is 3.24. The van der Waals surface area contributed by atoms with Gasteiger partial charge in [-0.1, -0.05) is 20.8 Å². The highest BCUT2D eigenvalue weighted by Crippen LogP contribution is 2.30. The maximum Gasteiger partial charge on any atom is 0.246 e. The normalized spacial score (nSPS) is 22.9. The number of amides is 2. The molecule has 3 rings (SSSR count). The van der Waals surface area contributed by atoms with Crippen LogP contribution in [0.4, 0.5) is 0 Å². The predicted octanol–water partition coefficient (Wildman–Crippen LogP) is 2.60. The van der Waals surface area contributed by atoms with Crippen LogP contribution in [0.15, 0.2) is 24.5 Å². The lowest BCUT2D eigenvalue weighted by Crippen LogP contribution is -2.53. The van der Waals surface area contributed by atoms with E-state index in [0.29, 0.717) is 11.9 Å². The molecule has 1 aromatic heterocycles. The summed E-state index contributed by atoms with van der Waals surface area (Å²) in [6, 6.07) is 4.28. The first-order chi connectivity index (χ1) is 11.4. The van der Waals surface area contributed by atoms with Gasteiger partial charge in [-0.25, -0.2) is 0 Å². The van der Waals surface area contributed by atoms with Crippen molar-refractivity contribution in [3.8, 4) is 0 Å². The summed E-state index contributed by atoms with van der Waals surface area (Å²) in [6.07, 6.45) is 6.15. The Balaban J connectivity index is 1.61. The second-order valence-corrected chi connectivity index (χ2v) is 8.73. The summed E-state index contributed by atoms with van der Waals surface area (Å²) in [5, 5.41) is 0. The summed E-state index contributed by atoms with van der Waals surface area (Å²) < 4.78 is 2.24. The predicted molar refractivity (Wildman–Crippen MR) is 96.7 cm³/mol. The number of thioether (sulfide) groups is 1. The number of hydrogen-bond donors (Lipinski definition) is 0. The van der Waals surface area contributed by atoms with E-state index < -0.39 is 5.41 Å². The Labute approximate surface area is 148 Å². The van der Waals surface area contributed by atoms with Crippen LogP contribution in [0, 0.1) is 5.41 Å². The zero-order valence-electron chi connectivity index (χ0n) is 14.8. The number of carbonyl (C=O) groups is 2. The maximum atomic E-state index is 12.9. The molecule has 1 aromatic rings. The third-order valence-corrected chi connectivity index (χ3v) is 5.91. The molecular weight excluding hydrogens is 322 g/mol. The van der Waals surface area contributed by atoms with Crippen LogP contribution < -0.4 is 0 Å². The highest BCUT2D eigenvalue weighted by Gasteiger charge is 2.41. The highest BCUT2D eigenvalue weighted by atomic mass is 32.2. The van der Waals surface area contributed by atoms with E-state index in [-0.39, 0.29) is 17.9 Å². The Morgan fingerprint density at radius 1 is 1.08 bits per heavy atom. The minimum Gasteiger partial charge on any atom is -0.351 e. The second kappa shape index (κ2) is 6.82. The number of nitrogens with zero attached hydrogens (tertiary/aromatic N) is 3. The summed E-state index contributed by atoms with van der Waals surface area (Å²) >= 11 is 1.68. The first-order valence-corrected chi connectivity index (χ1v) is 9.83. The highest BCUT2D eigenvalue weighted by molar-refractivity contribution is 7.99. The van der Waals surface area contributed by atoms with Gasteiger partial charge in [0.05, 0.1) is 5.88 Å². The van der Waals surface area contributed by atoms with Crippen LogP contribution in [0.3, 0.4) is 0 Å². The molecular formula is C18H27N3O2S. The molecule has 3 heterocycles. The molecule has 0 radical (unpaired) electrons. The molecule has 6 heteroatoms. The molecule has 5 nitrogen and oxygen atoms in total. The van der Waals surface area contributed by atoms with Crippen LogP contribution in [0.5, 0.6) is 0 Å². The Morgan fingerprint density at radius 2 is 1.71 bits per heavy atom. The first-order valence-electron chi connectivity index (χ1n) is 8.68. The van der Waals surface area contributed by atoms with Crippen LogP contribution in [-0.4, -0.2) is 56.9 Å². The van der Waals surface area contributed by atoms with Gasteiger partial charge in [-0.05, 0) is 25.0 Å². The number of rotatable bonds is 2. The van der Waals surface area contributed by atoms with Crippen LogP contribution in [0.1, 0.15) is 39.7 Å². The standard InChI is InChI=1S/C18H27N3O2S/c1-18(2,3)17(23)21-13-24-12-15(21)16(22)20-10-6-14(7-11-20)19-8-4-5-9-19/h4-5,8-9,14-15H,6-7,10-13H2,1-3H3/t15-/m1/s1. The molecule has 0 spiro atoms. The van der Waals surface area contributed by atoms with Gasteiger partial charge in [-0.3, -0.25) is 9.59 Å². The van der Waals surface area contributed by atoms with E-state index in [1.807, 2.05) is 37.8 Å². The molecule has 2 saturated heterocycles. The van der Waals surface area contributed by atoms with E-state index in [1.165, 1.54) is 0 Å². The number of aromatic nitrogens is 1. The summed E-state index contributed by atoms with van der Waals surface area (Å²) in [7, 11) is 0. The molecule has 0 saturated carbocycles. The topological polar surface area (TPSA) is 45.6 Å². The lowest BCUT2D eigenvalue weighted by molar-refractivity contribution is -0.148. The Morgan fingerprint density at radius 3 is 2.29 bits per heavy atom. The minimum absolute atomic E-state index is 0.0769. The molecule has 2 aliphatic heterocycles. The first kappa shape index (κ1) is 17.4. The van der Waals surface area contributed by atoms with Crippen molar-refractivity contribution in [2.24, 2.45) is 5.41 Å². The Kier molecular flexibility index (Phi) is 4.95. The number of carbonyl (C=O) groups excluding carboxylic acids is 2. The summed E-state index contributed by atoms with van der Waals surface area (Å²) in [5.74, 6) is 1.56. The summed E-state index contributed by atoms with van der Waals surface area (Å²) in [5.41, 5.74) is -0.440. The van der Waals surface area contributed by atoms with Crippen molar-refractivity contribution in [3.63, 3.8) is 0 Å². The third kappa shape index (κ3) is 3.48. The zero-order valence-corrected chi connectivity index (χ0v) is 15.6. The van der Waals surface area contributed by atoms with Gasteiger partial charge < -0.3 is 14.4 Å². The van der Waals surface area contributed by atoms with E-state index in [9.17, 15) is 9.59 Å². The van der Waals surface area contributed by atoms with Crippen LogP contribution in [-0.2, 0) is 9.59 Å². The van der Waals surface area contributed by atoms with Crippen LogP contribution >= 0.6 is 11.8 Å². The largest absolute Gasteiger partial charge is 0.351 e. The number of likely N-dealkylation sites (tertiary alicyclic amines) is 1. The molecule has 0 bridgehead atoms. The SMILES string of the molecule is CC(C)(C)C(=O)N1CSC[C@@H]1C(=O)N1CCC(n2cccc2)CC1. The van der Waals surface area contributed by atoms with Crippen molar-refractivity contribution in [2.75, 3.05) is 24.7 Å². The van der Waals surface area contributed by atoms with E-state index in [1.54, 1.807) is 16.7 Å². The lowest BCUT2D eigenvalue weighted by Gasteiger charge is -2.37. The van der Waals surface area contributed by atoms with Gasteiger partial charge in [-0.15, -0.1) is 11.8 Å². The average molecular weight is 350 g/mol. The van der Waals surface area contributed by atoms with Crippen molar-refractivity contribution >= 4 is 23.6 Å².